The van der Waals surface area contributed by atoms with Crippen molar-refractivity contribution in [2.75, 3.05) is 20.3 Å². The highest BCUT2D eigenvalue weighted by Gasteiger charge is 2.30. The molecular formula is C23H24N6O5. The highest BCUT2D eigenvalue weighted by atomic mass is 16.5. The van der Waals surface area contributed by atoms with E-state index in [4.69, 9.17) is 4.74 Å². The van der Waals surface area contributed by atoms with Crippen molar-refractivity contribution in [3.63, 3.8) is 0 Å². The molecule has 0 saturated heterocycles. The lowest BCUT2D eigenvalue weighted by Gasteiger charge is -2.19. The summed E-state index contributed by atoms with van der Waals surface area (Å²) in [6.45, 7) is -0.207. The zero-order valence-electron chi connectivity index (χ0n) is 18.5. The summed E-state index contributed by atoms with van der Waals surface area (Å²) in [6.07, 6.45) is -0.291. The van der Waals surface area contributed by atoms with Crippen molar-refractivity contribution in [1.29, 1.82) is 0 Å². The second-order valence-electron chi connectivity index (χ2n) is 7.68. The highest BCUT2D eigenvalue weighted by molar-refractivity contribution is 5.88. The Hall–Kier alpha value is -4.28. The van der Waals surface area contributed by atoms with Gasteiger partial charge in [-0.3, -0.25) is 9.59 Å². The molecule has 11 nitrogen and oxygen atoms in total. The first-order valence-electron chi connectivity index (χ1n) is 10.7. The zero-order chi connectivity index (χ0) is 23.9. The van der Waals surface area contributed by atoms with E-state index in [1.54, 1.807) is 0 Å². The van der Waals surface area contributed by atoms with Gasteiger partial charge in [-0.25, -0.2) is 4.79 Å². The maximum Gasteiger partial charge on any atom is 0.407 e. The molecule has 1 heterocycles. The summed E-state index contributed by atoms with van der Waals surface area (Å²) >= 11 is 0. The Morgan fingerprint density at radius 2 is 1.74 bits per heavy atom. The molecule has 11 heteroatoms. The smallest absolute Gasteiger partial charge is 0.407 e. The molecule has 2 amide bonds. The fraction of sp³-hybridized carbons (Fsp3) is 0.304. The number of nitrogens with one attached hydrogen (secondary N) is 3. The number of aromatic nitrogens is 4. The van der Waals surface area contributed by atoms with E-state index in [-0.39, 0.29) is 31.9 Å². The number of rotatable bonds is 9. The van der Waals surface area contributed by atoms with E-state index in [1.807, 2.05) is 48.5 Å². The van der Waals surface area contributed by atoms with E-state index in [0.29, 0.717) is 5.82 Å². The molecule has 1 aliphatic carbocycles. The van der Waals surface area contributed by atoms with Gasteiger partial charge >= 0.3 is 12.1 Å². The number of H-pyrrole nitrogens is 1. The molecule has 4 rings (SSSR count). The van der Waals surface area contributed by atoms with Crippen LogP contribution in [0.1, 0.15) is 29.3 Å². The number of aromatic amines is 1. The first kappa shape index (κ1) is 22.9. The Labute approximate surface area is 195 Å². The lowest BCUT2D eigenvalue weighted by molar-refractivity contribution is -0.141. The second kappa shape index (κ2) is 10.6. The van der Waals surface area contributed by atoms with Crippen molar-refractivity contribution in [3.05, 3.63) is 65.5 Å². The Balaban J connectivity index is 1.40. The molecule has 176 valence electrons. The molecule has 3 N–H and O–H groups in total. The fourth-order valence-corrected chi connectivity index (χ4v) is 3.97. The quantitative estimate of drug-likeness (QED) is 0.402. The number of hydrogen-bond acceptors (Lipinski definition) is 8. The van der Waals surface area contributed by atoms with Crippen molar-refractivity contribution >= 4 is 18.0 Å². The van der Waals surface area contributed by atoms with Gasteiger partial charge in [0, 0.05) is 12.3 Å². The molecule has 0 aliphatic heterocycles. The number of ether oxygens (including phenoxy) is 2. The lowest BCUT2D eigenvalue weighted by atomic mass is 9.98. The third kappa shape index (κ3) is 5.20. The number of hydrogen-bond donors (Lipinski definition) is 3. The number of amides is 2. The van der Waals surface area contributed by atoms with Crippen LogP contribution < -0.4 is 10.6 Å². The Morgan fingerprint density at radius 1 is 1.06 bits per heavy atom. The lowest BCUT2D eigenvalue weighted by Crippen LogP contribution is -2.48. The minimum atomic E-state index is -0.973. The molecule has 3 aromatic rings. The van der Waals surface area contributed by atoms with Crippen LogP contribution in [0.4, 0.5) is 4.79 Å². The van der Waals surface area contributed by atoms with Gasteiger partial charge in [0.1, 0.15) is 19.2 Å². The number of benzene rings is 2. The number of esters is 1. The third-order valence-corrected chi connectivity index (χ3v) is 5.63. The zero-order valence-corrected chi connectivity index (χ0v) is 18.5. The maximum atomic E-state index is 12.6. The van der Waals surface area contributed by atoms with Gasteiger partial charge < -0.3 is 20.1 Å². The molecular weight excluding hydrogens is 440 g/mol. The van der Waals surface area contributed by atoms with Gasteiger partial charge in [-0.05, 0) is 28.7 Å². The summed E-state index contributed by atoms with van der Waals surface area (Å²) in [5, 5.41) is 18.5. The van der Waals surface area contributed by atoms with Crippen LogP contribution in [0.25, 0.3) is 11.1 Å². The van der Waals surface area contributed by atoms with E-state index >= 15 is 0 Å². The monoisotopic (exact) mass is 464 g/mol. The summed E-state index contributed by atoms with van der Waals surface area (Å²) in [7, 11) is 1.22. The van der Waals surface area contributed by atoms with Crippen LogP contribution in [0.5, 0.6) is 0 Å². The van der Waals surface area contributed by atoms with Gasteiger partial charge in [0.2, 0.25) is 5.91 Å². The van der Waals surface area contributed by atoms with Gasteiger partial charge in [0.05, 0.1) is 7.11 Å². The first-order chi connectivity index (χ1) is 16.6. The molecule has 0 bridgehead atoms. The van der Waals surface area contributed by atoms with Crippen molar-refractivity contribution in [2.45, 2.75) is 24.8 Å². The Bertz CT molecular complexity index is 1120. The highest BCUT2D eigenvalue weighted by Crippen LogP contribution is 2.44. The van der Waals surface area contributed by atoms with E-state index < -0.39 is 24.0 Å². The summed E-state index contributed by atoms with van der Waals surface area (Å²) in [4.78, 5) is 36.6. The molecule has 0 spiro atoms. The van der Waals surface area contributed by atoms with Crippen molar-refractivity contribution < 1.29 is 23.9 Å². The summed E-state index contributed by atoms with van der Waals surface area (Å²) in [5.41, 5.74) is 4.40. The normalized spacial score (nSPS) is 12.9. The predicted octanol–water partition coefficient (Wildman–Crippen LogP) is 1.33. The van der Waals surface area contributed by atoms with Crippen molar-refractivity contribution in [2.24, 2.45) is 0 Å². The Kier molecular flexibility index (Phi) is 7.11. The van der Waals surface area contributed by atoms with Crippen molar-refractivity contribution in [3.8, 4) is 11.1 Å². The second-order valence-corrected chi connectivity index (χ2v) is 7.68. The minimum absolute atomic E-state index is 0.107. The van der Waals surface area contributed by atoms with Gasteiger partial charge in [-0.1, -0.05) is 53.7 Å². The number of aryl methyl sites for hydroxylation is 1. The molecule has 0 fully saturated rings. The van der Waals surface area contributed by atoms with Crippen LogP contribution in [0.2, 0.25) is 0 Å². The van der Waals surface area contributed by atoms with Gasteiger partial charge in [0.15, 0.2) is 5.82 Å². The Morgan fingerprint density at radius 3 is 2.35 bits per heavy atom. The third-order valence-electron chi connectivity index (χ3n) is 5.63. The van der Waals surface area contributed by atoms with Crippen LogP contribution in [0, 0.1) is 0 Å². The average Bonchev–Trinajstić information content (AvgIpc) is 3.50. The van der Waals surface area contributed by atoms with Crippen LogP contribution >= 0.6 is 0 Å². The molecule has 1 atom stereocenters. The van der Waals surface area contributed by atoms with E-state index in [1.165, 1.54) is 7.11 Å². The molecule has 1 aliphatic rings. The largest absolute Gasteiger partial charge is 0.468 e. The van der Waals surface area contributed by atoms with Crippen LogP contribution in [0.3, 0.4) is 0 Å². The molecule has 34 heavy (non-hydrogen) atoms. The van der Waals surface area contributed by atoms with Crippen molar-refractivity contribution in [1.82, 2.24) is 31.3 Å². The number of alkyl carbamates (subject to hydrolysis) is 1. The molecule has 0 unspecified atom stereocenters. The van der Waals surface area contributed by atoms with Gasteiger partial charge in [0.25, 0.3) is 0 Å². The average molecular weight is 464 g/mol. The summed E-state index contributed by atoms with van der Waals surface area (Å²) in [6, 6.07) is 15.0. The van der Waals surface area contributed by atoms with E-state index in [0.717, 1.165) is 22.3 Å². The van der Waals surface area contributed by atoms with Crippen LogP contribution in [-0.2, 0) is 25.5 Å². The van der Waals surface area contributed by atoms with Crippen LogP contribution in [0.15, 0.2) is 48.5 Å². The number of nitrogens with zero attached hydrogens (tertiary/aromatic N) is 3. The SMILES string of the molecule is COC(=O)CNC(=O)[C@H](CCc1nn[nH]n1)NC(=O)OCC1c2ccccc2-c2ccccc21. The molecule has 2 aromatic carbocycles. The molecule has 1 aromatic heterocycles. The van der Waals surface area contributed by atoms with Gasteiger partial charge in [-0.2, -0.15) is 5.21 Å². The first-order valence-corrected chi connectivity index (χ1v) is 10.7. The number of carbonyl (C=O) groups is 3. The molecule has 0 saturated carbocycles. The maximum absolute atomic E-state index is 12.6. The van der Waals surface area contributed by atoms with E-state index in [2.05, 4.69) is 36.0 Å². The van der Waals surface area contributed by atoms with E-state index in [9.17, 15) is 14.4 Å². The predicted molar refractivity (Wildman–Crippen MR) is 120 cm³/mol. The summed E-state index contributed by atoms with van der Waals surface area (Å²) in [5.74, 6) is -0.877. The number of carbonyl (C=O) groups excluding carboxylic acids is 3. The number of methoxy groups -OCH3 is 1. The summed E-state index contributed by atoms with van der Waals surface area (Å²) < 4.78 is 10.1. The fourth-order valence-electron chi connectivity index (χ4n) is 3.97. The number of fused-ring (bicyclic) bond motifs is 3. The minimum Gasteiger partial charge on any atom is -0.468 e. The van der Waals surface area contributed by atoms with Crippen LogP contribution in [-0.4, -0.2) is 64.9 Å². The number of tetrazole rings is 1. The topological polar surface area (TPSA) is 148 Å². The van der Waals surface area contributed by atoms with Gasteiger partial charge in [-0.15, -0.1) is 10.2 Å². The molecule has 0 radical (unpaired) electrons. The standard InChI is InChI=1S/C23H24N6O5/c1-33-21(30)12-24-22(31)19(10-11-20-26-28-29-27-20)25-23(32)34-13-18-16-8-4-2-6-14(16)15-7-3-5-9-17(15)18/h2-9,18-19H,10-13H2,1H3,(H,24,31)(H,25,32)(H,26,27,28,29)/t19-/m0/s1.